The maximum Gasteiger partial charge on any atom is 0.103 e. The van der Waals surface area contributed by atoms with E-state index in [9.17, 15) is 0 Å². The Morgan fingerprint density at radius 1 is 1.09 bits per heavy atom. The summed E-state index contributed by atoms with van der Waals surface area (Å²) in [4.78, 5) is 6.77. The van der Waals surface area contributed by atoms with Gasteiger partial charge in [-0.05, 0) is 32.6 Å². The number of nitrogens with two attached hydrogens (primary N) is 1. The summed E-state index contributed by atoms with van der Waals surface area (Å²) in [6.45, 7) is 5.23. The summed E-state index contributed by atoms with van der Waals surface area (Å²) in [5.41, 5.74) is 5.95. The van der Waals surface area contributed by atoms with E-state index in [0.717, 1.165) is 19.4 Å². The fraction of sp³-hybridized carbons (Fsp3) is 0.842. The lowest BCUT2D eigenvalue weighted by Crippen LogP contribution is -2.43. The number of hydrogen-bond donors (Lipinski definition) is 1. The molecule has 1 heterocycles. The molecular weight excluding hydrogens is 270 g/mol. The van der Waals surface area contributed by atoms with E-state index in [-0.39, 0.29) is 6.17 Å². The fourth-order valence-corrected chi connectivity index (χ4v) is 3.03. The van der Waals surface area contributed by atoms with E-state index in [1.165, 1.54) is 57.8 Å². The first-order chi connectivity index (χ1) is 10.8. The summed E-state index contributed by atoms with van der Waals surface area (Å²) in [7, 11) is 0. The molecule has 0 fully saturated rings. The van der Waals surface area contributed by atoms with Crippen LogP contribution in [0.25, 0.3) is 0 Å². The highest BCUT2D eigenvalue weighted by atomic mass is 15.3. The highest BCUT2D eigenvalue weighted by molar-refractivity contribution is 5.62. The smallest absolute Gasteiger partial charge is 0.103 e. The number of rotatable bonds is 13. The molecule has 2 atom stereocenters. The number of allylic oxidation sites excluding steroid dienone is 2. The third-order valence-electron chi connectivity index (χ3n) is 4.46. The average Bonchev–Trinajstić information content (AvgIpc) is 2.97. The minimum Gasteiger partial charge on any atom is -0.316 e. The van der Waals surface area contributed by atoms with Crippen LogP contribution in [0.3, 0.4) is 0 Å². The third kappa shape index (κ3) is 8.70. The number of aliphatic imine (C=N–C) groups is 1. The second-order valence-electron chi connectivity index (χ2n) is 6.56. The molecule has 0 aromatic carbocycles. The summed E-state index contributed by atoms with van der Waals surface area (Å²) in [5.74, 6) is 0. The molecule has 1 aliphatic heterocycles. The van der Waals surface area contributed by atoms with Gasteiger partial charge in [0.2, 0.25) is 0 Å². The Kier molecular flexibility index (Phi) is 11.3. The quantitative estimate of drug-likeness (QED) is 0.389. The molecule has 1 aliphatic rings. The Bertz CT molecular complexity index is 310. The van der Waals surface area contributed by atoms with E-state index in [2.05, 4.69) is 29.0 Å². The SMILES string of the molecule is CCCCCCCCCC/C=C/CCC1N=CCN1C(C)N. The molecular formula is C19H37N3. The van der Waals surface area contributed by atoms with Gasteiger partial charge in [-0.25, -0.2) is 0 Å². The van der Waals surface area contributed by atoms with Crippen molar-refractivity contribution in [2.24, 2.45) is 10.7 Å². The van der Waals surface area contributed by atoms with Crippen molar-refractivity contribution >= 4 is 6.21 Å². The summed E-state index contributed by atoms with van der Waals surface area (Å²) < 4.78 is 0. The van der Waals surface area contributed by atoms with E-state index in [0.29, 0.717) is 6.17 Å². The molecule has 0 spiro atoms. The predicted molar refractivity (Wildman–Crippen MR) is 98.2 cm³/mol. The van der Waals surface area contributed by atoms with E-state index >= 15 is 0 Å². The molecule has 3 nitrogen and oxygen atoms in total. The summed E-state index contributed by atoms with van der Waals surface area (Å²) in [6, 6.07) is 0. The van der Waals surface area contributed by atoms with Crippen molar-refractivity contribution in [3.8, 4) is 0 Å². The highest BCUT2D eigenvalue weighted by Crippen LogP contribution is 2.15. The Labute approximate surface area is 138 Å². The van der Waals surface area contributed by atoms with Crippen LogP contribution >= 0.6 is 0 Å². The molecule has 3 heteroatoms. The first-order valence-electron chi connectivity index (χ1n) is 9.43. The Morgan fingerprint density at radius 3 is 2.41 bits per heavy atom. The monoisotopic (exact) mass is 307 g/mol. The first-order valence-corrected chi connectivity index (χ1v) is 9.43. The molecule has 0 saturated heterocycles. The zero-order valence-electron chi connectivity index (χ0n) is 14.8. The van der Waals surface area contributed by atoms with Gasteiger partial charge in [0.05, 0.1) is 6.17 Å². The van der Waals surface area contributed by atoms with Crippen molar-refractivity contribution in [1.29, 1.82) is 0 Å². The van der Waals surface area contributed by atoms with Gasteiger partial charge >= 0.3 is 0 Å². The zero-order valence-corrected chi connectivity index (χ0v) is 14.8. The van der Waals surface area contributed by atoms with Gasteiger partial charge < -0.3 is 5.73 Å². The molecule has 0 bridgehead atoms. The highest BCUT2D eigenvalue weighted by Gasteiger charge is 2.22. The summed E-state index contributed by atoms with van der Waals surface area (Å²) in [5, 5.41) is 0. The van der Waals surface area contributed by atoms with Crippen molar-refractivity contribution in [1.82, 2.24) is 4.90 Å². The maximum atomic E-state index is 5.95. The lowest BCUT2D eigenvalue weighted by atomic mass is 10.1. The molecule has 0 radical (unpaired) electrons. The summed E-state index contributed by atoms with van der Waals surface area (Å²) in [6.07, 6.45) is 21.7. The van der Waals surface area contributed by atoms with Gasteiger partial charge in [-0.15, -0.1) is 0 Å². The van der Waals surface area contributed by atoms with Crippen molar-refractivity contribution < 1.29 is 0 Å². The lowest BCUT2D eigenvalue weighted by molar-refractivity contribution is 0.186. The number of hydrogen-bond acceptors (Lipinski definition) is 3. The molecule has 22 heavy (non-hydrogen) atoms. The maximum absolute atomic E-state index is 5.95. The van der Waals surface area contributed by atoms with Crippen molar-refractivity contribution in [3.05, 3.63) is 12.2 Å². The molecule has 0 amide bonds. The van der Waals surface area contributed by atoms with E-state index in [1.807, 2.05) is 13.1 Å². The molecule has 1 rings (SSSR count). The van der Waals surface area contributed by atoms with Crippen LogP contribution in [0.5, 0.6) is 0 Å². The van der Waals surface area contributed by atoms with Gasteiger partial charge in [0, 0.05) is 12.8 Å². The van der Waals surface area contributed by atoms with E-state index in [4.69, 9.17) is 5.73 Å². The van der Waals surface area contributed by atoms with Crippen molar-refractivity contribution in [2.45, 2.75) is 96.8 Å². The second kappa shape index (κ2) is 12.8. The van der Waals surface area contributed by atoms with Crippen LogP contribution in [0.4, 0.5) is 0 Å². The van der Waals surface area contributed by atoms with Gasteiger partial charge in [0.25, 0.3) is 0 Å². The van der Waals surface area contributed by atoms with Gasteiger partial charge in [-0.1, -0.05) is 64.0 Å². The topological polar surface area (TPSA) is 41.6 Å². The normalized spacial score (nSPS) is 20.2. The fourth-order valence-electron chi connectivity index (χ4n) is 3.03. The van der Waals surface area contributed by atoms with Crippen LogP contribution in [0.1, 0.15) is 84.5 Å². The van der Waals surface area contributed by atoms with Crippen LogP contribution in [0.15, 0.2) is 17.1 Å². The molecule has 128 valence electrons. The van der Waals surface area contributed by atoms with Crippen LogP contribution in [-0.4, -0.2) is 30.0 Å². The van der Waals surface area contributed by atoms with Gasteiger partial charge in [0.15, 0.2) is 0 Å². The number of unbranched alkanes of at least 4 members (excludes halogenated alkanes) is 8. The lowest BCUT2D eigenvalue weighted by Gasteiger charge is -2.26. The van der Waals surface area contributed by atoms with Crippen LogP contribution in [0.2, 0.25) is 0 Å². The van der Waals surface area contributed by atoms with Crippen LogP contribution < -0.4 is 5.73 Å². The summed E-state index contributed by atoms with van der Waals surface area (Å²) >= 11 is 0. The second-order valence-corrected chi connectivity index (χ2v) is 6.56. The zero-order chi connectivity index (χ0) is 16.0. The van der Waals surface area contributed by atoms with E-state index in [1.54, 1.807) is 0 Å². The Morgan fingerprint density at radius 2 is 1.73 bits per heavy atom. The van der Waals surface area contributed by atoms with Gasteiger partial charge in [-0.3, -0.25) is 9.89 Å². The van der Waals surface area contributed by atoms with Crippen molar-refractivity contribution in [3.63, 3.8) is 0 Å². The average molecular weight is 308 g/mol. The third-order valence-corrected chi connectivity index (χ3v) is 4.46. The molecule has 0 aromatic rings. The van der Waals surface area contributed by atoms with Crippen LogP contribution in [-0.2, 0) is 0 Å². The minimum absolute atomic E-state index is 0.105. The van der Waals surface area contributed by atoms with Gasteiger partial charge in [-0.2, -0.15) is 0 Å². The Hall–Kier alpha value is -0.670. The molecule has 0 aliphatic carbocycles. The van der Waals surface area contributed by atoms with Crippen molar-refractivity contribution in [2.75, 3.05) is 6.54 Å². The number of nitrogens with zero attached hydrogens (tertiary/aromatic N) is 2. The standard InChI is InChI=1S/C19H37N3/c1-3-4-5-6-7-8-9-10-11-12-13-14-15-19-21-16-17-22(19)18(2)20/h12-13,16,18-19H,3-11,14-15,17,20H2,1-2H3/b13-12+. The van der Waals surface area contributed by atoms with Crippen LogP contribution in [0, 0.1) is 0 Å². The first kappa shape index (κ1) is 19.4. The minimum atomic E-state index is 0.105. The molecule has 2 unspecified atom stereocenters. The molecule has 0 saturated carbocycles. The largest absolute Gasteiger partial charge is 0.316 e. The molecule has 0 aromatic heterocycles. The molecule has 2 N–H and O–H groups in total. The Balaban J connectivity index is 1.91. The van der Waals surface area contributed by atoms with E-state index < -0.39 is 0 Å². The van der Waals surface area contributed by atoms with Gasteiger partial charge in [0.1, 0.15) is 6.17 Å². The predicted octanol–water partition coefficient (Wildman–Crippen LogP) is 4.87.